The van der Waals surface area contributed by atoms with Gasteiger partial charge in [0.2, 0.25) is 0 Å². The van der Waals surface area contributed by atoms with Crippen LogP contribution in [-0.2, 0) is 6.54 Å². The van der Waals surface area contributed by atoms with Gasteiger partial charge in [0.1, 0.15) is 5.58 Å². The van der Waals surface area contributed by atoms with E-state index in [0.717, 1.165) is 44.0 Å². The van der Waals surface area contributed by atoms with Crippen LogP contribution in [0.3, 0.4) is 0 Å². The molecule has 0 radical (unpaired) electrons. The highest BCUT2D eigenvalue weighted by atomic mass is 16.3. The third-order valence-corrected chi connectivity index (χ3v) is 4.85. The molecule has 1 aliphatic heterocycles. The van der Waals surface area contributed by atoms with Crippen molar-refractivity contribution < 1.29 is 4.42 Å². The standard InChI is InChI=1S/C21H22N2O2/c1-16-13-18(21-19(24)7-12-25-20(21)14-16)23-10-8-22(9-11-23)15-17-5-3-2-4-6-17/h2-7,12-14H,8-11,15H2,1H3. The van der Waals surface area contributed by atoms with Crippen molar-refractivity contribution in [3.63, 3.8) is 0 Å². The molecule has 0 spiro atoms. The lowest BCUT2D eigenvalue weighted by Gasteiger charge is -2.36. The van der Waals surface area contributed by atoms with Crippen molar-refractivity contribution in [1.29, 1.82) is 0 Å². The number of anilines is 1. The van der Waals surface area contributed by atoms with Crippen LogP contribution in [0.25, 0.3) is 11.0 Å². The molecule has 1 aliphatic rings. The van der Waals surface area contributed by atoms with Crippen molar-refractivity contribution in [1.82, 2.24) is 4.90 Å². The number of hydrogen-bond acceptors (Lipinski definition) is 4. The number of benzene rings is 2. The van der Waals surface area contributed by atoms with Crippen molar-refractivity contribution in [2.75, 3.05) is 31.1 Å². The maximum absolute atomic E-state index is 12.4. The smallest absolute Gasteiger partial charge is 0.194 e. The quantitative estimate of drug-likeness (QED) is 0.735. The molecule has 128 valence electrons. The molecule has 4 nitrogen and oxygen atoms in total. The summed E-state index contributed by atoms with van der Waals surface area (Å²) in [5, 5.41) is 0.699. The van der Waals surface area contributed by atoms with E-state index in [0.29, 0.717) is 11.0 Å². The Morgan fingerprint density at radius 3 is 2.52 bits per heavy atom. The second kappa shape index (κ2) is 6.73. The van der Waals surface area contributed by atoms with Gasteiger partial charge in [0, 0.05) is 38.8 Å². The molecule has 4 heteroatoms. The van der Waals surface area contributed by atoms with Gasteiger partial charge >= 0.3 is 0 Å². The van der Waals surface area contributed by atoms with E-state index < -0.39 is 0 Å². The first-order chi connectivity index (χ1) is 12.2. The molecule has 0 amide bonds. The molecule has 0 unspecified atom stereocenters. The lowest BCUT2D eigenvalue weighted by molar-refractivity contribution is 0.250. The zero-order chi connectivity index (χ0) is 17.2. The summed E-state index contributed by atoms with van der Waals surface area (Å²) in [4.78, 5) is 17.1. The predicted octanol–water partition coefficient (Wildman–Crippen LogP) is 3.42. The first-order valence-electron chi connectivity index (χ1n) is 8.74. The largest absolute Gasteiger partial charge is 0.464 e. The van der Waals surface area contributed by atoms with E-state index in [2.05, 4.69) is 46.2 Å². The summed E-state index contributed by atoms with van der Waals surface area (Å²) in [6.45, 7) is 6.83. The predicted molar refractivity (Wildman–Crippen MR) is 101 cm³/mol. The molecule has 1 aromatic heterocycles. The van der Waals surface area contributed by atoms with Gasteiger partial charge < -0.3 is 9.32 Å². The zero-order valence-electron chi connectivity index (χ0n) is 14.4. The Hall–Kier alpha value is -2.59. The van der Waals surface area contributed by atoms with Crippen molar-refractivity contribution in [3.8, 4) is 0 Å². The van der Waals surface area contributed by atoms with E-state index in [9.17, 15) is 4.79 Å². The van der Waals surface area contributed by atoms with Crippen LogP contribution in [0.15, 0.2) is 64.0 Å². The number of hydrogen-bond donors (Lipinski definition) is 0. The minimum absolute atomic E-state index is 0.0305. The van der Waals surface area contributed by atoms with Gasteiger partial charge in [-0.2, -0.15) is 0 Å². The van der Waals surface area contributed by atoms with Gasteiger partial charge in [-0.3, -0.25) is 9.69 Å². The van der Waals surface area contributed by atoms with E-state index in [-0.39, 0.29) is 5.43 Å². The average Bonchev–Trinajstić information content (AvgIpc) is 2.62. The fourth-order valence-corrected chi connectivity index (χ4v) is 3.57. The first kappa shape index (κ1) is 15.9. The number of rotatable bonds is 3. The highest BCUT2D eigenvalue weighted by molar-refractivity contribution is 5.91. The molecule has 1 fully saturated rings. The fourth-order valence-electron chi connectivity index (χ4n) is 3.57. The Morgan fingerprint density at radius 2 is 1.76 bits per heavy atom. The monoisotopic (exact) mass is 334 g/mol. The molecule has 4 rings (SSSR count). The molecule has 25 heavy (non-hydrogen) atoms. The molecule has 0 atom stereocenters. The molecular weight excluding hydrogens is 312 g/mol. The Labute approximate surface area is 147 Å². The fraction of sp³-hybridized carbons (Fsp3) is 0.286. The minimum atomic E-state index is 0.0305. The van der Waals surface area contributed by atoms with E-state index in [1.54, 1.807) is 0 Å². The van der Waals surface area contributed by atoms with Crippen molar-refractivity contribution in [2.45, 2.75) is 13.5 Å². The van der Waals surface area contributed by atoms with Gasteiger partial charge in [-0.25, -0.2) is 0 Å². The highest BCUT2D eigenvalue weighted by Crippen LogP contribution is 2.27. The topological polar surface area (TPSA) is 36.7 Å². The summed E-state index contributed by atoms with van der Waals surface area (Å²) >= 11 is 0. The molecule has 2 heterocycles. The molecule has 3 aromatic rings. The van der Waals surface area contributed by atoms with Crippen LogP contribution in [0.1, 0.15) is 11.1 Å². The molecule has 0 bridgehead atoms. The average molecular weight is 334 g/mol. The lowest BCUT2D eigenvalue weighted by atomic mass is 10.1. The van der Waals surface area contributed by atoms with Crippen LogP contribution >= 0.6 is 0 Å². The Balaban J connectivity index is 1.55. The minimum Gasteiger partial charge on any atom is -0.464 e. The maximum Gasteiger partial charge on any atom is 0.194 e. The lowest BCUT2D eigenvalue weighted by Crippen LogP contribution is -2.46. The van der Waals surface area contributed by atoms with Crippen molar-refractivity contribution in [2.24, 2.45) is 0 Å². The van der Waals surface area contributed by atoms with Crippen LogP contribution in [0.2, 0.25) is 0 Å². The Kier molecular flexibility index (Phi) is 4.28. The molecule has 0 N–H and O–H groups in total. The van der Waals surface area contributed by atoms with Crippen LogP contribution in [-0.4, -0.2) is 31.1 Å². The number of fused-ring (bicyclic) bond motifs is 1. The summed E-state index contributed by atoms with van der Waals surface area (Å²) < 4.78 is 5.57. The van der Waals surface area contributed by atoms with Gasteiger partial charge in [0.05, 0.1) is 17.3 Å². The molecular formula is C21H22N2O2. The van der Waals surface area contributed by atoms with Crippen LogP contribution < -0.4 is 10.3 Å². The van der Waals surface area contributed by atoms with Crippen LogP contribution in [0.4, 0.5) is 5.69 Å². The number of nitrogens with zero attached hydrogens (tertiary/aromatic N) is 2. The Bertz CT molecular complexity index is 926. The number of piperazine rings is 1. The third-order valence-electron chi connectivity index (χ3n) is 4.85. The van der Waals surface area contributed by atoms with Gasteiger partial charge in [0.25, 0.3) is 0 Å². The summed E-state index contributed by atoms with van der Waals surface area (Å²) in [6, 6.07) is 16.1. The second-order valence-electron chi connectivity index (χ2n) is 6.69. The molecule has 0 saturated carbocycles. The van der Waals surface area contributed by atoms with Gasteiger partial charge in [-0.15, -0.1) is 0 Å². The Morgan fingerprint density at radius 1 is 1.00 bits per heavy atom. The first-order valence-corrected chi connectivity index (χ1v) is 8.74. The van der Waals surface area contributed by atoms with Gasteiger partial charge in [0.15, 0.2) is 5.43 Å². The third kappa shape index (κ3) is 3.30. The highest BCUT2D eigenvalue weighted by Gasteiger charge is 2.20. The maximum atomic E-state index is 12.4. The SMILES string of the molecule is Cc1cc(N2CCN(Cc3ccccc3)CC2)c2c(=O)ccoc2c1. The van der Waals surface area contributed by atoms with E-state index in [1.807, 2.05) is 13.0 Å². The van der Waals surface area contributed by atoms with Crippen LogP contribution in [0.5, 0.6) is 0 Å². The summed E-state index contributed by atoms with van der Waals surface area (Å²) in [5.41, 5.74) is 4.17. The summed E-state index contributed by atoms with van der Waals surface area (Å²) in [5.74, 6) is 0. The van der Waals surface area contributed by atoms with Crippen molar-refractivity contribution >= 4 is 16.7 Å². The van der Waals surface area contributed by atoms with Gasteiger partial charge in [-0.1, -0.05) is 30.3 Å². The van der Waals surface area contributed by atoms with E-state index in [1.165, 1.54) is 17.9 Å². The number of aryl methyl sites for hydroxylation is 1. The van der Waals surface area contributed by atoms with E-state index >= 15 is 0 Å². The summed E-state index contributed by atoms with van der Waals surface area (Å²) in [7, 11) is 0. The second-order valence-corrected chi connectivity index (χ2v) is 6.69. The molecule has 2 aromatic carbocycles. The molecule has 1 saturated heterocycles. The normalized spacial score (nSPS) is 15.6. The summed E-state index contributed by atoms with van der Waals surface area (Å²) in [6.07, 6.45) is 1.48. The van der Waals surface area contributed by atoms with Crippen molar-refractivity contribution in [3.05, 3.63) is 76.1 Å². The van der Waals surface area contributed by atoms with Gasteiger partial charge in [-0.05, 0) is 30.2 Å². The van der Waals surface area contributed by atoms with E-state index in [4.69, 9.17) is 4.42 Å². The van der Waals surface area contributed by atoms with Crippen LogP contribution in [0, 0.1) is 6.92 Å². The zero-order valence-corrected chi connectivity index (χ0v) is 14.4. The molecule has 0 aliphatic carbocycles.